The largest absolute Gasteiger partial charge is 0.287 e. The van der Waals surface area contributed by atoms with Gasteiger partial charge in [0.2, 0.25) is 18.0 Å². The summed E-state index contributed by atoms with van der Waals surface area (Å²) < 4.78 is 296. The summed E-state index contributed by atoms with van der Waals surface area (Å²) in [6.45, 7) is 4.01. The van der Waals surface area contributed by atoms with Crippen LogP contribution in [0.5, 0.6) is 0 Å². The molecule has 0 atom stereocenters. The maximum absolute atomic E-state index is 15.4. The molecule has 1 aromatic heterocycles. The molecule has 7 aromatic rings. The van der Waals surface area contributed by atoms with Crippen molar-refractivity contribution in [2.24, 2.45) is 0 Å². The molecule has 1 heterocycles. The molecule has 68 heavy (non-hydrogen) atoms. The number of fused-ring (bicyclic) bond motifs is 1. The van der Waals surface area contributed by atoms with Crippen LogP contribution in [0.4, 0.5) is 87.8 Å². The van der Waals surface area contributed by atoms with Crippen molar-refractivity contribution in [2.45, 2.75) is 6.54 Å². The second-order valence-corrected chi connectivity index (χ2v) is 14.1. The average molecular weight is 978 g/mol. The molecule has 0 aliphatic heterocycles. The van der Waals surface area contributed by atoms with Crippen molar-refractivity contribution in [1.82, 2.24) is 0 Å². The fourth-order valence-electron chi connectivity index (χ4n) is 7.52. The number of hydrogen-bond donors (Lipinski definition) is 0. The summed E-state index contributed by atoms with van der Waals surface area (Å²) in [5, 5.41) is 11.2. The smallest absolute Gasteiger partial charge is 0.230 e. The highest BCUT2D eigenvalue weighted by Crippen LogP contribution is 2.31. The van der Waals surface area contributed by atoms with Gasteiger partial charge in [-0.1, -0.05) is 55.1 Å². The van der Waals surface area contributed by atoms with Crippen LogP contribution in [-0.2, 0) is 6.54 Å². The lowest BCUT2D eigenvalue weighted by molar-refractivity contribution is -0.683. The number of halogens is 20. The van der Waals surface area contributed by atoms with Crippen molar-refractivity contribution >= 4 is 50.1 Å². The number of nitrogens with zero attached hydrogens (tertiary/aromatic N) is 2. The molecule has 0 unspecified atom stereocenters. The van der Waals surface area contributed by atoms with Gasteiger partial charge in [0.1, 0.15) is 64.3 Å². The summed E-state index contributed by atoms with van der Waals surface area (Å²) in [5.74, 6) is -71.4. The van der Waals surface area contributed by atoms with E-state index in [-0.39, 0.29) is 12.3 Å². The van der Waals surface area contributed by atoms with E-state index in [1.165, 1.54) is 0 Å². The first-order valence-electron chi connectivity index (χ1n) is 18.2. The SMILES string of the molecule is C=C(C#N)c1c2ccccc2cc[n+]1CC(=O)c1ccccc1.Fc1c(F)c(F)c([B-](c2c(F)c(F)c(F)c(F)c2F)(c2c(F)c(F)c(F)c(F)c2F)c2c(F)c(F)c(F)c(F)c2F)c(F)c1F. The van der Waals surface area contributed by atoms with Crippen molar-refractivity contribution in [1.29, 1.82) is 5.26 Å². The predicted octanol–water partition coefficient (Wildman–Crippen LogP) is 9.39. The van der Waals surface area contributed by atoms with Crippen LogP contribution in [0, 0.1) is 128 Å². The van der Waals surface area contributed by atoms with Crippen molar-refractivity contribution in [3.63, 3.8) is 0 Å². The first kappa shape index (κ1) is 49.7. The average Bonchev–Trinajstić information content (AvgIpc) is 3.33. The fraction of sp³-hybridized carbons (Fsp3) is 0.0227. The molecule has 0 spiro atoms. The summed E-state index contributed by atoms with van der Waals surface area (Å²) in [7, 11) is 0. The van der Waals surface area contributed by atoms with Crippen LogP contribution in [-0.4, -0.2) is 11.9 Å². The number of pyridine rings is 1. The zero-order valence-electron chi connectivity index (χ0n) is 32.7. The molecule has 0 bridgehead atoms. The third kappa shape index (κ3) is 7.64. The monoisotopic (exact) mass is 978 g/mol. The molecule has 350 valence electrons. The molecule has 0 saturated carbocycles. The molecular weight excluding hydrogens is 963 g/mol. The number of nitriles is 1. The molecular formula is C44H15BF20N2O. The highest BCUT2D eigenvalue weighted by atomic mass is 19.2. The number of carbonyl (C=O) groups excluding carboxylic acids is 1. The quantitative estimate of drug-likeness (QED) is 0.0290. The van der Waals surface area contributed by atoms with Gasteiger partial charge in [-0.2, -0.15) is 9.83 Å². The minimum Gasteiger partial charge on any atom is -0.287 e. The number of rotatable bonds is 8. The molecule has 7 rings (SSSR count). The van der Waals surface area contributed by atoms with Crippen molar-refractivity contribution in [2.75, 3.05) is 0 Å². The summed E-state index contributed by atoms with van der Waals surface area (Å²) in [4.78, 5) is 12.5. The minimum absolute atomic E-state index is 0.00197. The normalized spacial score (nSPS) is 11.4. The first-order valence-corrected chi connectivity index (χ1v) is 18.2. The van der Waals surface area contributed by atoms with Crippen LogP contribution in [0.2, 0.25) is 0 Å². The van der Waals surface area contributed by atoms with E-state index in [9.17, 15) is 62.7 Å². The molecule has 0 aliphatic rings. The van der Waals surface area contributed by atoms with Gasteiger partial charge in [-0.05, 0) is 11.5 Å². The van der Waals surface area contributed by atoms with Gasteiger partial charge in [0.15, 0.2) is 76.0 Å². The molecule has 3 nitrogen and oxygen atoms in total. The Kier molecular flexibility index (Phi) is 13.5. The van der Waals surface area contributed by atoms with Gasteiger partial charge in [-0.25, -0.2) is 87.8 Å². The van der Waals surface area contributed by atoms with Crippen LogP contribution in [0.15, 0.2) is 73.4 Å². The van der Waals surface area contributed by atoms with Gasteiger partial charge in [0.05, 0.1) is 5.39 Å². The predicted molar refractivity (Wildman–Crippen MR) is 199 cm³/mol. The number of Topliss-reactive ketones (excluding diaryl/α,β-unsaturated/α-hetero) is 1. The van der Waals surface area contributed by atoms with Crippen molar-refractivity contribution in [3.8, 4) is 6.07 Å². The standard InChI is InChI=1S/C24BF20.C20H15N2O/c26-5-1(6(27)14(35)21(42)13(5)34)25(2-7(28)15(36)22(43)16(37)8(2)29,3-9(30)17(38)23(44)18(39)10(3)31)4-11(32)19(40)24(45)20(41)12(4)33;1-15(13-21)20-18-10-6-5-7-16(18)11-12-22(20)14-19(23)17-8-3-2-4-9-17/h;2-12H,1,14H2/q-1;+1. The third-order valence-corrected chi connectivity index (χ3v) is 10.5. The summed E-state index contributed by atoms with van der Waals surface area (Å²) in [6, 6.07) is 21.0. The Bertz CT molecular complexity index is 2940. The summed E-state index contributed by atoms with van der Waals surface area (Å²) in [6.07, 6.45) is -5.38. The van der Waals surface area contributed by atoms with Gasteiger partial charge < -0.3 is 0 Å². The molecule has 0 saturated heterocycles. The topological polar surface area (TPSA) is 44.7 Å². The Balaban J connectivity index is 0.000000276. The van der Waals surface area contributed by atoms with Gasteiger partial charge in [-0.15, -0.1) is 21.9 Å². The number of carbonyl (C=O) groups is 1. The van der Waals surface area contributed by atoms with Crippen LogP contribution in [0.1, 0.15) is 16.1 Å². The Morgan fingerprint density at radius 2 is 0.735 bits per heavy atom. The Hall–Kier alpha value is -7.71. The second-order valence-electron chi connectivity index (χ2n) is 14.1. The van der Waals surface area contributed by atoms with E-state index in [0.717, 1.165) is 10.8 Å². The van der Waals surface area contributed by atoms with E-state index in [1.54, 1.807) is 16.7 Å². The van der Waals surface area contributed by atoms with Crippen LogP contribution < -0.4 is 26.4 Å². The number of benzene rings is 6. The van der Waals surface area contributed by atoms with E-state index in [4.69, 9.17) is 0 Å². The van der Waals surface area contributed by atoms with Crippen molar-refractivity contribution < 1.29 is 97.2 Å². The van der Waals surface area contributed by atoms with Crippen LogP contribution >= 0.6 is 0 Å². The van der Waals surface area contributed by atoms with Crippen LogP contribution in [0.25, 0.3) is 16.3 Å². The lowest BCUT2D eigenvalue weighted by Crippen LogP contribution is -2.81. The van der Waals surface area contributed by atoms with Gasteiger partial charge in [-0.3, -0.25) is 4.79 Å². The zero-order chi connectivity index (χ0) is 50.6. The number of allylic oxidation sites excluding steroid dienone is 1. The number of ketones is 1. The van der Waals surface area contributed by atoms with E-state index in [1.807, 2.05) is 54.7 Å². The maximum atomic E-state index is 15.4. The van der Waals surface area contributed by atoms with Gasteiger partial charge in [0, 0.05) is 11.6 Å². The first-order chi connectivity index (χ1) is 31.9. The van der Waals surface area contributed by atoms with Crippen molar-refractivity contribution in [3.05, 3.63) is 201 Å². The van der Waals surface area contributed by atoms with E-state index in [0.29, 0.717) is 16.8 Å². The lowest BCUT2D eigenvalue weighted by Gasteiger charge is -2.44. The Labute approximate surface area is 365 Å². The highest BCUT2D eigenvalue weighted by molar-refractivity contribution is 7.20. The molecule has 0 fully saturated rings. The second kappa shape index (κ2) is 18.5. The number of hydrogen-bond acceptors (Lipinski definition) is 2. The number of aromatic nitrogens is 1. The summed E-state index contributed by atoms with van der Waals surface area (Å²) in [5.41, 5.74) is -12.6. The molecule has 6 aromatic carbocycles. The molecule has 24 heteroatoms. The Morgan fingerprint density at radius 3 is 1.06 bits per heavy atom. The Morgan fingerprint density at radius 1 is 0.441 bits per heavy atom. The molecule has 0 radical (unpaired) electrons. The van der Waals surface area contributed by atoms with Gasteiger partial charge in [0.25, 0.3) is 0 Å². The van der Waals surface area contributed by atoms with E-state index < -0.39 is 144 Å². The molecule has 0 aliphatic carbocycles. The molecule has 0 amide bonds. The fourth-order valence-corrected chi connectivity index (χ4v) is 7.52. The molecule has 0 N–H and O–H groups in total. The van der Waals surface area contributed by atoms with E-state index in [2.05, 4.69) is 12.6 Å². The zero-order valence-corrected chi connectivity index (χ0v) is 32.7. The third-order valence-electron chi connectivity index (χ3n) is 10.5. The minimum atomic E-state index is -7.22. The highest BCUT2D eigenvalue weighted by Gasteiger charge is 2.52. The van der Waals surface area contributed by atoms with Crippen LogP contribution in [0.3, 0.4) is 0 Å². The van der Waals surface area contributed by atoms with E-state index >= 15 is 35.1 Å². The maximum Gasteiger partial charge on any atom is 0.230 e. The van der Waals surface area contributed by atoms with Gasteiger partial charge >= 0.3 is 0 Å². The lowest BCUT2D eigenvalue weighted by atomic mass is 9.12. The summed E-state index contributed by atoms with van der Waals surface area (Å²) >= 11 is 0.